The van der Waals surface area contributed by atoms with Crippen molar-refractivity contribution in [3.05, 3.63) is 40.0 Å². The topological polar surface area (TPSA) is 72.7 Å². The Labute approximate surface area is 117 Å². The SMILES string of the molecule is CCN(CC)C(=O)/C=C/c1ccc(OC)cc1[N+](=O)[O-]. The van der Waals surface area contributed by atoms with Crippen LogP contribution >= 0.6 is 0 Å². The van der Waals surface area contributed by atoms with Gasteiger partial charge in [0.25, 0.3) is 5.69 Å². The van der Waals surface area contributed by atoms with Crippen molar-refractivity contribution in [1.29, 1.82) is 0 Å². The first-order valence-corrected chi connectivity index (χ1v) is 6.32. The fourth-order valence-electron chi connectivity index (χ4n) is 1.75. The van der Waals surface area contributed by atoms with Gasteiger partial charge in [0, 0.05) is 19.2 Å². The van der Waals surface area contributed by atoms with Crippen LogP contribution in [0.5, 0.6) is 5.75 Å². The van der Waals surface area contributed by atoms with E-state index in [9.17, 15) is 14.9 Å². The number of likely N-dealkylation sites (N-methyl/N-ethyl adjacent to an activating group) is 1. The molecule has 0 spiro atoms. The molecule has 0 heterocycles. The third-order valence-corrected chi connectivity index (χ3v) is 2.91. The second-order valence-corrected chi connectivity index (χ2v) is 4.03. The number of hydrogen-bond donors (Lipinski definition) is 0. The van der Waals surface area contributed by atoms with Crippen LogP contribution in [0.3, 0.4) is 0 Å². The number of amides is 1. The van der Waals surface area contributed by atoms with Crippen molar-refractivity contribution in [3.8, 4) is 5.75 Å². The maximum absolute atomic E-state index is 11.8. The minimum atomic E-state index is -0.496. The van der Waals surface area contributed by atoms with Gasteiger partial charge in [-0.2, -0.15) is 0 Å². The Balaban J connectivity index is 3.02. The Morgan fingerprint density at radius 1 is 1.40 bits per heavy atom. The molecule has 20 heavy (non-hydrogen) atoms. The number of methoxy groups -OCH3 is 1. The van der Waals surface area contributed by atoms with E-state index in [1.165, 1.54) is 25.3 Å². The summed E-state index contributed by atoms with van der Waals surface area (Å²) in [5.74, 6) is 0.240. The molecule has 6 heteroatoms. The number of hydrogen-bond acceptors (Lipinski definition) is 4. The molecule has 0 bridgehead atoms. The summed E-state index contributed by atoms with van der Waals surface area (Å²) in [6.45, 7) is 4.96. The highest BCUT2D eigenvalue weighted by Crippen LogP contribution is 2.25. The van der Waals surface area contributed by atoms with Crippen LogP contribution in [0.1, 0.15) is 19.4 Å². The van der Waals surface area contributed by atoms with Gasteiger partial charge in [-0.25, -0.2) is 0 Å². The zero-order valence-electron chi connectivity index (χ0n) is 11.8. The maximum atomic E-state index is 11.8. The molecule has 0 saturated heterocycles. The molecule has 108 valence electrons. The third kappa shape index (κ3) is 3.81. The minimum absolute atomic E-state index is 0.0899. The Morgan fingerprint density at radius 3 is 2.55 bits per heavy atom. The van der Waals surface area contributed by atoms with Crippen molar-refractivity contribution in [2.45, 2.75) is 13.8 Å². The van der Waals surface area contributed by atoms with Gasteiger partial charge in [0.1, 0.15) is 5.75 Å². The predicted octanol–water partition coefficient (Wildman–Crippen LogP) is 2.49. The third-order valence-electron chi connectivity index (χ3n) is 2.91. The van der Waals surface area contributed by atoms with E-state index in [2.05, 4.69) is 0 Å². The molecule has 0 atom stereocenters. The minimum Gasteiger partial charge on any atom is -0.497 e. The normalized spacial score (nSPS) is 10.6. The summed E-state index contributed by atoms with van der Waals surface area (Å²) in [5, 5.41) is 11.0. The zero-order valence-corrected chi connectivity index (χ0v) is 11.8. The van der Waals surface area contributed by atoms with E-state index in [4.69, 9.17) is 4.74 Å². The summed E-state index contributed by atoms with van der Waals surface area (Å²) >= 11 is 0. The van der Waals surface area contributed by atoms with Gasteiger partial charge in [-0.05, 0) is 32.1 Å². The first-order valence-electron chi connectivity index (χ1n) is 6.32. The Hall–Kier alpha value is -2.37. The fourth-order valence-corrected chi connectivity index (χ4v) is 1.75. The summed E-state index contributed by atoms with van der Waals surface area (Å²) < 4.78 is 4.95. The van der Waals surface area contributed by atoms with Crippen LogP contribution < -0.4 is 4.74 Å². The Kier molecular flexibility index (Phi) is 5.71. The van der Waals surface area contributed by atoms with Crippen molar-refractivity contribution >= 4 is 17.7 Å². The van der Waals surface area contributed by atoms with E-state index in [0.717, 1.165) is 0 Å². The van der Waals surface area contributed by atoms with Crippen molar-refractivity contribution in [2.75, 3.05) is 20.2 Å². The first kappa shape index (κ1) is 15.7. The summed E-state index contributed by atoms with van der Waals surface area (Å²) in [5.41, 5.74) is 0.282. The second kappa shape index (κ2) is 7.28. The van der Waals surface area contributed by atoms with E-state index >= 15 is 0 Å². The molecule has 0 fully saturated rings. The highest BCUT2D eigenvalue weighted by Gasteiger charge is 2.13. The molecule has 0 saturated carbocycles. The zero-order chi connectivity index (χ0) is 15.1. The molecule has 0 unspecified atom stereocenters. The van der Waals surface area contributed by atoms with Crippen LogP contribution in [0, 0.1) is 10.1 Å². The van der Waals surface area contributed by atoms with Gasteiger partial charge < -0.3 is 9.64 Å². The molecule has 0 aliphatic carbocycles. The Bertz CT molecular complexity index is 522. The van der Waals surface area contributed by atoms with Gasteiger partial charge >= 0.3 is 0 Å². The lowest BCUT2D eigenvalue weighted by atomic mass is 10.1. The maximum Gasteiger partial charge on any atom is 0.280 e. The molecule has 1 rings (SSSR count). The van der Waals surface area contributed by atoms with Gasteiger partial charge in [-0.1, -0.05) is 0 Å². The van der Waals surface area contributed by atoms with Crippen molar-refractivity contribution in [1.82, 2.24) is 4.90 Å². The van der Waals surface area contributed by atoms with E-state index in [0.29, 0.717) is 24.4 Å². The molecular weight excluding hydrogens is 260 g/mol. The average Bonchev–Trinajstić information content (AvgIpc) is 2.46. The number of nitro groups is 1. The van der Waals surface area contributed by atoms with Crippen molar-refractivity contribution in [2.24, 2.45) is 0 Å². The lowest BCUT2D eigenvalue weighted by molar-refractivity contribution is -0.385. The number of carbonyl (C=O) groups excluding carboxylic acids is 1. The molecule has 1 amide bonds. The number of carbonyl (C=O) groups is 1. The highest BCUT2D eigenvalue weighted by molar-refractivity contribution is 5.92. The van der Waals surface area contributed by atoms with E-state index in [-0.39, 0.29) is 11.6 Å². The molecule has 0 aliphatic heterocycles. The lowest BCUT2D eigenvalue weighted by Gasteiger charge is -2.15. The summed E-state index contributed by atoms with van der Waals surface area (Å²) in [6.07, 6.45) is 2.81. The monoisotopic (exact) mass is 278 g/mol. The molecule has 6 nitrogen and oxygen atoms in total. The van der Waals surface area contributed by atoms with Gasteiger partial charge in [0.15, 0.2) is 0 Å². The number of nitro benzene ring substituents is 1. The average molecular weight is 278 g/mol. The van der Waals surface area contributed by atoms with E-state index < -0.39 is 4.92 Å². The van der Waals surface area contributed by atoms with Crippen LogP contribution in [-0.2, 0) is 4.79 Å². The number of nitrogens with zero attached hydrogens (tertiary/aromatic N) is 2. The van der Waals surface area contributed by atoms with E-state index in [1.54, 1.807) is 17.0 Å². The van der Waals surface area contributed by atoms with Crippen LogP contribution in [0.4, 0.5) is 5.69 Å². The number of rotatable bonds is 6. The molecule has 0 radical (unpaired) electrons. The lowest BCUT2D eigenvalue weighted by Crippen LogP contribution is -2.28. The summed E-state index contributed by atoms with van der Waals surface area (Å²) in [6, 6.07) is 4.51. The standard InChI is InChI=1S/C14H18N2O4/c1-4-15(5-2)14(17)9-7-11-6-8-12(20-3)10-13(11)16(18)19/h6-10H,4-5H2,1-3H3/b9-7+. The van der Waals surface area contributed by atoms with Crippen molar-refractivity contribution in [3.63, 3.8) is 0 Å². The van der Waals surface area contributed by atoms with Gasteiger partial charge in [-0.15, -0.1) is 0 Å². The molecule has 1 aromatic rings. The summed E-state index contributed by atoms with van der Waals surface area (Å²) in [4.78, 5) is 24.0. The molecule has 0 aliphatic rings. The molecular formula is C14H18N2O4. The van der Waals surface area contributed by atoms with Gasteiger partial charge in [0.05, 0.1) is 23.7 Å². The van der Waals surface area contributed by atoms with E-state index in [1.807, 2.05) is 13.8 Å². The van der Waals surface area contributed by atoms with Gasteiger partial charge in [-0.3, -0.25) is 14.9 Å². The highest BCUT2D eigenvalue weighted by atomic mass is 16.6. The summed E-state index contributed by atoms with van der Waals surface area (Å²) in [7, 11) is 1.44. The second-order valence-electron chi connectivity index (χ2n) is 4.03. The molecule has 0 aromatic heterocycles. The predicted molar refractivity (Wildman–Crippen MR) is 76.6 cm³/mol. The van der Waals surface area contributed by atoms with Crippen LogP contribution in [-0.4, -0.2) is 35.9 Å². The smallest absolute Gasteiger partial charge is 0.280 e. The molecule has 1 aromatic carbocycles. The first-order chi connectivity index (χ1) is 9.53. The number of benzene rings is 1. The van der Waals surface area contributed by atoms with Gasteiger partial charge in [0.2, 0.25) is 5.91 Å². The van der Waals surface area contributed by atoms with Crippen LogP contribution in [0.2, 0.25) is 0 Å². The fraction of sp³-hybridized carbons (Fsp3) is 0.357. The van der Waals surface area contributed by atoms with Crippen LogP contribution in [0.15, 0.2) is 24.3 Å². The Morgan fingerprint density at radius 2 is 2.05 bits per heavy atom. The quantitative estimate of drug-likeness (QED) is 0.455. The van der Waals surface area contributed by atoms with Crippen molar-refractivity contribution < 1.29 is 14.5 Å². The largest absolute Gasteiger partial charge is 0.497 e. The molecule has 0 N–H and O–H groups in total. The number of ether oxygens (including phenoxy) is 1. The van der Waals surface area contributed by atoms with Crippen LogP contribution in [0.25, 0.3) is 6.08 Å².